The lowest BCUT2D eigenvalue weighted by Gasteiger charge is -2.28. The highest BCUT2D eigenvalue weighted by Gasteiger charge is 2.41. The number of hydrogen-bond donors (Lipinski definition) is 2. The third-order valence-corrected chi connectivity index (χ3v) is 4.91. The number of hydrogen-bond acceptors (Lipinski definition) is 5. The van der Waals surface area contributed by atoms with E-state index in [0.29, 0.717) is 29.2 Å². The molecule has 0 spiro atoms. The van der Waals surface area contributed by atoms with E-state index in [1.54, 1.807) is 0 Å². The first-order chi connectivity index (χ1) is 13.0. The van der Waals surface area contributed by atoms with Gasteiger partial charge in [-0.25, -0.2) is 14.0 Å². The van der Waals surface area contributed by atoms with Gasteiger partial charge in [0.15, 0.2) is 0 Å². The summed E-state index contributed by atoms with van der Waals surface area (Å²) in [5.74, 6) is -1.31. The molecule has 3 heterocycles. The van der Waals surface area contributed by atoms with Crippen molar-refractivity contribution >= 4 is 11.8 Å². The predicted octanol–water partition coefficient (Wildman–Crippen LogP) is 1.84. The minimum absolute atomic E-state index is 0.0417. The minimum atomic E-state index is -0.732. The number of unbranched alkanes of at least 4 members (excludes halogenated alkanes) is 1. The van der Waals surface area contributed by atoms with Crippen LogP contribution in [0.15, 0.2) is 45.1 Å². The molecule has 0 aliphatic carbocycles. The Bertz CT molecular complexity index is 1070. The first kappa shape index (κ1) is 17.3. The van der Waals surface area contributed by atoms with E-state index in [1.807, 2.05) is 6.92 Å². The lowest BCUT2D eigenvalue weighted by atomic mass is 9.83. The lowest BCUT2D eigenvalue weighted by molar-refractivity contribution is -0.136. The van der Waals surface area contributed by atoms with Crippen molar-refractivity contribution < 1.29 is 13.9 Å². The number of halogens is 1. The average molecular weight is 371 g/mol. The molecule has 2 aliphatic heterocycles. The molecule has 7 nitrogen and oxygen atoms in total. The number of aromatic nitrogens is 2. The van der Waals surface area contributed by atoms with E-state index in [-0.39, 0.29) is 12.2 Å². The van der Waals surface area contributed by atoms with Crippen molar-refractivity contribution in [2.45, 2.75) is 32.2 Å². The number of nitrogens with zero attached hydrogens (tertiary/aromatic N) is 1. The van der Waals surface area contributed by atoms with E-state index >= 15 is 0 Å². The second-order valence-corrected chi connectivity index (χ2v) is 6.60. The second kappa shape index (κ2) is 6.53. The molecular formula is C19H18FN3O4. The van der Waals surface area contributed by atoms with Crippen LogP contribution in [0.25, 0.3) is 0 Å². The number of ether oxygens (including phenoxy) is 1. The van der Waals surface area contributed by atoms with E-state index in [9.17, 15) is 18.8 Å². The molecule has 2 aliphatic rings. The van der Waals surface area contributed by atoms with Gasteiger partial charge in [0.25, 0.3) is 5.56 Å². The molecule has 0 amide bonds. The maximum Gasteiger partial charge on any atom is 0.337 e. The summed E-state index contributed by atoms with van der Waals surface area (Å²) in [6.45, 7) is 2.47. The smallest absolute Gasteiger partial charge is 0.337 e. The summed E-state index contributed by atoms with van der Waals surface area (Å²) in [6.07, 6.45) is 1.62. The summed E-state index contributed by atoms with van der Waals surface area (Å²) in [7, 11) is 0. The van der Waals surface area contributed by atoms with Crippen LogP contribution in [0.5, 0.6) is 0 Å². The summed E-state index contributed by atoms with van der Waals surface area (Å²) in [4.78, 5) is 39.7. The number of nitrogens with one attached hydrogen (secondary N) is 2. The molecule has 8 heteroatoms. The van der Waals surface area contributed by atoms with Crippen LogP contribution in [0.3, 0.4) is 0 Å². The number of cyclic esters (lactones) is 1. The summed E-state index contributed by atoms with van der Waals surface area (Å²) < 4.78 is 20.0. The molecule has 2 aromatic rings. The van der Waals surface area contributed by atoms with Crippen molar-refractivity contribution in [2.24, 2.45) is 0 Å². The first-order valence-corrected chi connectivity index (χ1v) is 8.81. The molecule has 1 aromatic heterocycles. The fraction of sp³-hybridized carbons (Fsp3) is 0.316. The van der Waals surface area contributed by atoms with Gasteiger partial charge in [-0.15, -0.1) is 0 Å². The van der Waals surface area contributed by atoms with Gasteiger partial charge in [-0.2, -0.15) is 0 Å². The van der Waals surface area contributed by atoms with Gasteiger partial charge in [0.2, 0.25) is 0 Å². The zero-order chi connectivity index (χ0) is 19.1. The third kappa shape index (κ3) is 2.77. The number of aromatic amines is 1. The summed E-state index contributed by atoms with van der Waals surface area (Å²) in [6, 6.07) is 5.62. The molecule has 0 bridgehead atoms. The molecule has 140 valence electrons. The number of H-pyrrole nitrogens is 1. The van der Waals surface area contributed by atoms with Gasteiger partial charge in [-0.05, 0) is 24.1 Å². The van der Waals surface area contributed by atoms with Crippen LogP contribution >= 0.6 is 0 Å². The fourth-order valence-corrected chi connectivity index (χ4v) is 3.61. The number of anilines is 1. The van der Waals surface area contributed by atoms with Gasteiger partial charge in [-0.3, -0.25) is 14.3 Å². The Kier molecular flexibility index (Phi) is 4.18. The number of carbonyl (C=O) groups is 1. The number of esters is 1. The minimum Gasteiger partial charge on any atom is -0.456 e. The van der Waals surface area contributed by atoms with Crippen LogP contribution in [-0.4, -0.2) is 22.1 Å². The highest BCUT2D eigenvalue weighted by molar-refractivity contribution is 5.96. The van der Waals surface area contributed by atoms with Gasteiger partial charge in [0.05, 0.1) is 22.8 Å². The van der Waals surface area contributed by atoms with Crippen molar-refractivity contribution in [3.05, 3.63) is 73.3 Å². The topological polar surface area (TPSA) is 93.2 Å². The Morgan fingerprint density at radius 3 is 2.67 bits per heavy atom. The molecular weight excluding hydrogens is 353 g/mol. The molecule has 0 unspecified atom stereocenters. The van der Waals surface area contributed by atoms with Gasteiger partial charge in [-0.1, -0.05) is 25.5 Å². The zero-order valence-electron chi connectivity index (χ0n) is 14.7. The van der Waals surface area contributed by atoms with Gasteiger partial charge >= 0.3 is 11.7 Å². The molecule has 0 radical (unpaired) electrons. The zero-order valence-corrected chi connectivity index (χ0v) is 14.7. The molecule has 0 saturated carbocycles. The monoisotopic (exact) mass is 371 g/mol. The molecule has 0 fully saturated rings. The van der Waals surface area contributed by atoms with Crippen molar-refractivity contribution in [1.29, 1.82) is 0 Å². The van der Waals surface area contributed by atoms with Gasteiger partial charge in [0.1, 0.15) is 18.2 Å². The van der Waals surface area contributed by atoms with Crippen LogP contribution < -0.4 is 16.6 Å². The Balaban J connectivity index is 1.98. The normalized spacial score (nSPS) is 18.0. The largest absolute Gasteiger partial charge is 0.456 e. The van der Waals surface area contributed by atoms with Gasteiger partial charge < -0.3 is 10.1 Å². The highest BCUT2D eigenvalue weighted by atomic mass is 19.1. The van der Waals surface area contributed by atoms with E-state index in [4.69, 9.17) is 4.74 Å². The van der Waals surface area contributed by atoms with Crippen molar-refractivity contribution in [2.75, 3.05) is 11.9 Å². The lowest BCUT2D eigenvalue weighted by Crippen LogP contribution is -2.38. The van der Waals surface area contributed by atoms with E-state index < -0.39 is 29.0 Å². The molecule has 0 saturated heterocycles. The quantitative estimate of drug-likeness (QED) is 0.800. The van der Waals surface area contributed by atoms with Crippen LogP contribution in [-0.2, 0) is 16.1 Å². The van der Waals surface area contributed by atoms with E-state index in [1.165, 1.54) is 28.8 Å². The summed E-state index contributed by atoms with van der Waals surface area (Å²) in [5, 5.41) is 3.06. The third-order valence-electron chi connectivity index (χ3n) is 4.91. The Morgan fingerprint density at radius 1 is 1.22 bits per heavy atom. The van der Waals surface area contributed by atoms with Crippen LogP contribution in [0, 0.1) is 5.82 Å². The molecule has 1 atom stereocenters. The summed E-state index contributed by atoms with van der Waals surface area (Å²) in [5.41, 5.74) is 0.603. The Morgan fingerprint density at radius 2 is 1.96 bits per heavy atom. The predicted molar refractivity (Wildman–Crippen MR) is 96.1 cm³/mol. The van der Waals surface area contributed by atoms with E-state index in [0.717, 1.165) is 12.8 Å². The molecule has 4 rings (SSSR count). The molecule has 27 heavy (non-hydrogen) atoms. The molecule has 1 aromatic carbocycles. The SMILES string of the molecule is CCCCn1c2c(c(=O)[nH]c1=O)[C@H](c1ccc(F)cc1)C1=C(COC1=O)N2. The Labute approximate surface area is 153 Å². The molecule has 2 N–H and O–H groups in total. The first-order valence-electron chi connectivity index (χ1n) is 8.81. The Hall–Kier alpha value is -3.16. The van der Waals surface area contributed by atoms with Crippen molar-refractivity contribution in [3.8, 4) is 0 Å². The van der Waals surface area contributed by atoms with Crippen LogP contribution in [0.1, 0.15) is 36.8 Å². The van der Waals surface area contributed by atoms with Crippen LogP contribution in [0.4, 0.5) is 10.2 Å². The average Bonchev–Trinajstić information content (AvgIpc) is 3.01. The van der Waals surface area contributed by atoms with Crippen molar-refractivity contribution in [1.82, 2.24) is 9.55 Å². The second-order valence-electron chi connectivity index (χ2n) is 6.60. The fourth-order valence-electron chi connectivity index (χ4n) is 3.61. The van der Waals surface area contributed by atoms with Crippen LogP contribution in [0.2, 0.25) is 0 Å². The number of rotatable bonds is 4. The van der Waals surface area contributed by atoms with Gasteiger partial charge in [0, 0.05) is 6.54 Å². The maximum atomic E-state index is 13.4. The number of fused-ring (bicyclic) bond motifs is 1. The van der Waals surface area contributed by atoms with E-state index in [2.05, 4.69) is 10.3 Å². The number of carbonyl (C=O) groups excluding carboxylic acids is 1. The number of benzene rings is 1. The van der Waals surface area contributed by atoms with Crippen molar-refractivity contribution in [3.63, 3.8) is 0 Å². The summed E-state index contributed by atoms with van der Waals surface area (Å²) >= 11 is 0. The standard InChI is InChI=1S/C19H18FN3O4/c1-2-3-8-23-16-15(17(24)22-19(23)26)13(10-4-6-11(20)7-5-10)14-12(21-16)9-27-18(14)25/h4-7,13,21H,2-3,8-9H2,1H3,(H,22,24,26)/t13-/m1/s1. The maximum absolute atomic E-state index is 13.4. The highest BCUT2D eigenvalue weighted by Crippen LogP contribution is 2.42.